The number of nitrogens with zero attached hydrogens (tertiary/aromatic N) is 1. The van der Waals surface area contributed by atoms with Crippen molar-refractivity contribution in [1.29, 1.82) is 0 Å². The zero-order chi connectivity index (χ0) is 43.9. The lowest BCUT2D eigenvalue weighted by molar-refractivity contribution is -0.131. The standard InChI is InChI=1S/C24H31N3O2.C21H27N3O2.C3H6O.H2/c1-16-13-20(14-17(2)18(16)3)22(28)25-11-12-27-23(29)21(26-24(27,4)5)15-19-9-7-6-8-10-19;1-14-11-18(12-15(2)16(14)3)20(25)23-9-10-24-21(26)19(22)13-17-7-5-4-6-8-17;1-3(2)4;/h6-10,13-14,21,26H,11-12,15H2,1-5H3,(H,25,28);4-8,11-12,19H,9-10,13,22H2,1-3H3,(H,23,25)(H,24,26);1-2H3;1H/t21-;19-;;/m10../s1. The van der Waals surface area contributed by atoms with E-state index in [1.807, 2.05) is 138 Å². The van der Waals surface area contributed by atoms with Crippen LogP contribution in [0.1, 0.15) is 94.3 Å². The predicted molar refractivity (Wildman–Crippen MR) is 238 cm³/mol. The molecule has 1 heterocycles. The summed E-state index contributed by atoms with van der Waals surface area (Å²) in [6.45, 7) is 20.8. The van der Waals surface area contributed by atoms with Crippen LogP contribution >= 0.6 is 0 Å². The van der Waals surface area contributed by atoms with E-state index in [2.05, 4.69) is 28.2 Å². The van der Waals surface area contributed by atoms with Gasteiger partial charge in [0.2, 0.25) is 11.8 Å². The fourth-order valence-electron chi connectivity index (χ4n) is 6.68. The first kappa shape index (κ1) is 47.7. The van der Waals surface area contributed by atoms with E-state index in [4.69, 9.17) is 5.73 Å². The van der Waals surface area contributed by atoms with Crippen LogP contribution in [0.2, 0.25) is 0 Å². The fraction of sp³-hybridized carbons (Fsp3) is 0.396. The normalized spacial score (nSPS) is 14.5. The number of amides is 4. The van der Waals surface area contributed by atoms with Crippen LogP contribution in [0.15, 0.2) is 84.9 Å². The van der Waals surface area contributed by atoms with Gasteiger partial charge in [-0.25, -0.2) is 0 Å². The number of rotatable bonds is 13. The van der Waals surface area contributed by atoms with Crippen molar-refractivity contribution >= 4 is 29.4 Å². The molecule has 318 valence electrons. The third-order valence-electron chi connectivity index (χ3n) is 10.4. The average Bonchev–Trinajstić information content (AvgIpc) is 3.40. The first-order valence-corrected chi connectivity index (χ1v) is 20.2. The zero-order valence-corrected chi connectivity index (χ0v) is 36.5. The van der Waals surface area contributed by atoms with E-state index in [0.717, 1.165) is 33.4 Å². The molecule has 59 heavy (non-hydrogen) atoms. The molecule has 0 aromatic heterocycles. The molecule has 11 heteroatoms. The number of hydrogen-bond donors (Lipinski definition) is 5. The highest BCUT2D eigenvalue weighted by Gasteiger charge is 2.43. The van der Waals surface area contributed by atoms with E-state index < -0.39 is 11.7 Å². The number of carbonyl (C=O) groups is 5. The Morgan fingerprint density at radius 1 is 0.695 bits per heavy atom. The largest absolute Gasteiger partial charge is 0.353 e. The summed E-state index contributed by atoms with van der Waals surface area (Å²) >= 11 is 0. The van der Waals surface area contributed by atoms with Crippen molar-refractivity contribution in [3.05, 3.63) is 141 Å². The molecule has 6 N–H and O–H groups in total. The summed E-state index contributed by atoms with van der Waals surface area (Å²) in [5, 5.41) is 12.0. The smallest absolute Gasteiger partial charge is 0.251 e. The van der Waals surface area contributed by atoms with Crippen LogP contribution in [0.4, 0.5) is 0 Å². The molecule has 5 rings (SSSR count). The van der Waals surface area contributed by atoms with Gasteiger partial charge in [-0.3, -0.25) is 24.5 Å². The Balaban J connectivity index is 0.000000376. The Labute approximate surface area is 352 Å². The minimum absolute atomic E-state index is 0. The SMILES string of the molecule is CC(C)=O.Cc1cc(C(=O)NCCN2C(=O)[C@@H](Cc3ccccc3)NC2(C)C)cc(C)c1C.Cc1cc(C(=O)NCCNC(=O)[C@@H](N)Cc2ccccc2)cc(C)c1C.[HH]. The van der Waals surface area contributed by atoms with Gasteiger partial charge in [-0.15, -0.1) is 0 Å². The van der Waals surface area contributed by atoms with Crippen molar-refractivity contribution in [1.82, 2.24) is 26.2 Å². The van der Waals surface area contributed by atoms with Gasteiger partial charge >= 0.3 is 0 Å². The lowest BCUT2D eigenvalue weighted by Crippen LogP contribution is -2.49. The molecule has 4 amide bonds. The Morgan fingerprint density at radius 2 is 1.10 bits per heavy atom. The van der Waals surface area contributed by atoms with Crippen LogP contribution in [0.3, 0.4) is 0 Å². The van der Waals surface area contributed by atoms with Gasteiger partial charge in [0.15, 0.2) is 0 Å². The number of benzene rings is 4. The number of ketones is 1. The maximum absolute atomic E-state index is 12.9. The number of Topliss-reactive ketones (excluding diaryl/α,β-unsaturated/α-hetero) is 1. The Kier molecular flexibility index (Phi) is 18.2. The minimum atomic E-state index is -0.601. The second-order valence-electron chi connectivity index (χ2n) is 15.9. The summed E-state index contributed by atoms with van der Waals surface area (Å²) in [4.78, 5) is 61.0. The molecule has 1 saturated heterocycles. The molecule has 0 bridgehead atoms. The number of hydrogen-bond acceptors (Lipinski definition) is 7. The quantitative estimate of drug-likeness (QED) is 0.104. The second-order valence-corrected chi connectivity index (χ2v) is 15.9. The predicted octanol–water partition coefficient (Wildman–Crippen LogP) is 5.99. The van der Waals surface area contributed by atoms with Crippen molar-refractivity contribution in [2.75, 3.05) is 26.2 Å². The maximum atomic E-state index is 12.9. The van der Waals surface area contributed by atoms with Crippen LogP contribution in [0, 0.1) is 41.5 Å². The molecular formula is C48H66N6O5. The first-order chi connectivity index (χ1) is 27.8. The molecule has 0 aliphatic carbocycles. The monoisotopic (exact) mass is 807 g/mol. The summed E-state index contributed by atoms with van der Waals surface area (Å²) in [6, 6.07) is 26.4. The lowest BCUT2D eigenvalue weighted by atomic mass is 10.0. The highest BCUT2D eigenvalue weighted by atomic mass is 16.2. The molecule has 0 spiro atoms. The molecule has 2 atom stereocenters. The number of nitrogens with two attached hydrogens (primary N) is 1. The molecule has 4 aromatic carbocycles. The highest BCUT2D eigenvalue weighted by Crippen LogP contribution is 2.23. The minimum Gasteiger partial charge on any atom is -0.353 e. The van der Waals surface area contributed by atoms with Crippen LogP contribution in [-0.2, 0) is 27.2 Å². The van der Waals surface area contributed by atoms with Gasteiger partial charge in [-0.2, -0.15) is 0 Å². The summed E-state index contributed by atoms with van der Waals surface area (Å²) in [5.74, 6) is -0.214. The molecule has 1 fully saturated rings. The van der Waals surface area contributed by atoms with Gasteiger partial charge in [-0.05, 0) is 151 Å². The van der Waals surface area contributed by atoms with Crippen LogP contribution in [-0.4, -0.2) is 78.2 Å². The van der Waals surface area contributed by atoms with E-state index in [-0.39, 0.29) is 36.9 Å². The van der Waals surface area contributed by atoms with Gasteiger partial charge in [0, 0.05) is 38.7 Å². The van der Waals surface area contributed by atoms with Gasteiger partial charge in [0.05, 0.1) is 17.7 Å². The third-order valence-corrected chi connectivity index (χ3v) is 10.4. The summed E-state index contributed by atoms with van der Waals surface area (Å²) in [7, 11) is 0. The number of aryl methyl sites for hydroxylation is 4. The average molecular weight is 807 g/mol. The zero-order valence-electron chi connectivity index (χ0n) is 36.5. The molecule has 1 aliphatic rings. The maximum Gasteiger partial charge on any atom is 0.251 e. The fourth-order valence-corrected chi connectivity index (χ4v) is 6.68. The van der Waals surface area contributed by atoms with Gasteiger partial charge in [-0.1, -0.05) is 60.7 Å². The molecule has 0 saturated carbocycles. The van der Waals surface area contributed by atoms with E-state index >= 15 is 0 Å². The Morgan fingerprint density at radius 3 is 1.56 bits per heavy atom. The number of carbonyl (C=O) groups excluding carboxylic acids is 5. The van der Waals surface area contributed by atoms with E-state index in [1.54, 1.807) is 0 Å². The topological polar surface area (TPSA) is 163 Å². The second kappa shape index (κ2) is 22.5. The van der Waals surface area contributed by atoms with Crippen molar-refractivity contribution in [3.8, 4) is 0 Å². The molecular weight excluding hydrogens is 741 g/mol. The van der Waals surface area contributed by atoms with Crippen molar-refractivity contribution < 1.29 is 25.4 Å². The highest BCUT2D eigenvalue weighted by molar-refractivity contribution is 5.95. The van der Waals surface area contributed by atoms with Gasteiger partial charge in [0.1, 0.15) is 5.78 Å². The van der Waals surface area contributed by atoms with E-state index in [0.29, 0.717) is 50.1 Å². The van der Waals surface area contributed by atoms with E-state index in [9.17, 15) is 24.0 Å². The lowest BCUT2D eigenvalue weighted by Gasteiger charge is -2.31. The number of nitrogens with one attached hydrogen (secondary N) is 4. The summed E-state index contributed by atoms with van der Waals surface area (Å²) in [5.41, 5.74) is 15.8. The molecule has 11 nitrogen and oxygen atoms in total. The first-order valence-electron chi connectivity index (χ1n) is 20.2. The summed E-state index contributed by atoms with van der Waals surface area (Å²) < 4.78 is 0. The van der Waals surface area contributed by atoms with Crippen LogP contribution < -0.4 is 27.0 Å². The van der Waals surface area contributed by atoms with Gasteiger partial charge in [0.25, 0.3) is 11.8 Å². The molecule has 4 aromatic rings. The van der Waals surface area contributed by atoms with Crippen LogP contribution in [0.5, 0.6) is 0 Å². The van der Waals surface area contributed by atoms with Crippen molar-refractivity contribution in [2.45, 2.75) is 99.8 Å². The molecule has 1 aliphatic heterocycles. The third kappa shape index (κ3) is 14.9. The van der Waals surface area contributed by atoms with Crippen LogP contribution in [0.25, 0.3) is 0 Å². The van der Waals surface area contributed by atoms with E-state index in [1.165, 1.54) is 25.0 Å². The summed E-state index contributed by atoms with van der Waals surface area (Å²) in [6.07, 6.45) is 1.15. The Hall–Kier alpha value is -5.65. The Bertz CT molecular complexity index is 2020. The molecule has 0 radical (unpaired) electrons. The van der Waals surface area contributed by atoms with Gasteiger partial charge < -0.3 is 31.4 Å². The van der Waals surface area contributed by atoms with Crippen molar-refractivity contribution in [2.24, 2.45) is 5.73 Å². The van der Waals surface area contributed by atoms with Crippen molar-refractivity contribution in [3.63, 3.8) is 0 Å². The molecule has 0 unspecified atom stereocenters.